The van der Waals surface area contributed by atoms with Crippen LogP contribution < -0.4 is 9.47 Å². The molecule has 2 aromatic rings. The molecule has 0 N–H and O–H groups in total. The molecule has 98 valence electrons. The minimum atomic E-state index is 0.388. The van der Waals surface area contributed by atoms with Gasteiger partial charge >= 0.3 is 0 Å². The van der Waals surface area contributed by atoms with Crippen molar-refractivity contribution in [2.75, 3.05) is 13.2 Å². The van der Waals surface area contributed by atoms with Crippen LogP contribution in [0.25, 0.3) is 5.69 Å². The van der Waals surface area contributed by atoms with Crippen LogP contribution in [-0.2, 0) is 0 Å². The van der Waals surface area contributed by atoms with Gasteiger partial charge in [0.25, 0.3) is 0 Å². The lowest BCUT2D eigenvalue weighted by molar-refractivity contribution is 0.171. The Morgan fingerprint density at radius 1 is 1.11 bits per heavy atom. The second-order valence-electron chi connectivity index (χ2n) is 4.76. The summed E-state index contributed by atoms with van der Waals surface area (Å²) in [7, 11) is 0. The molecule has 1 aliphatic carbocycles. The molecule has 4 rings (SSSR count). The van der Waals surface area contributed by atoms with E-state index in [4.69, 9.17) is 21.1 Å². The van der Waals surface area contributed by atoms with Crippen molar-refractivity contribution in [3.8, 4) is 17.2 Å². The molecular formula is C13H12ClN3O2. The summed E-state index contributed by atoms with van der Waals surface area (Å²) in [6.07, 6.45) is 2.30. The number of fused-ring (bicyclic) bond motifs is 1. The summed E-state index contributed by atoms with van der Waals surface area (Å²) in [5, 5.41) is 8.54. The molecule has 1 fully saturated rings. The van der Waals surface area contributed by atoms with Gasteiger partial charge in [-0.3, -0.25) is 4.57 Å². The SMILES string of the molecule is Clc1nnc(C2CC2)n1-c1ccc2c(c1)OCCO2. The largest absolute Gasteiger partial charge is 0.486 e. The maximum atomic E-state index is 6.15. The molecule has 1 aromatic heterocycles. The summed E-state index contributed by atoms with van der Waals surface area (Å²) in [6.45, 7) is 1.16. The number of hydrogen-bond donors (Lipinski definition) is 0. The third-order valence-corrected chi connectivity index (χ3v) is 3.62. The molecule has 0 bridgehead atoms. The smallest absolute Gasteiger partial charge is 0.229 e. The lowest BCUT2D eigenvalue weighted by Crippen LogP contribution is -2.15. The lowest BCUT2D eigenvalue weighted by Gasteiger charge is -2.19. The maximum Gasteiger partial charge on any atom is 0.229 e. The van der Waals surface area contributed by atoms with Crippen LogP contribution in [0.4, 0.5) is 0 Å². The first-order chi connectivity index (χ1) is 9.33. The molecule has 1 aliphatic heterocycles. The highest BCUT2D eigenvalue weighted by molar-refractivity contribution is 6.28. The van der Waals surface area contributed by atoms with Crippen LogP contribution in [0.15, 0.2) is 18.2 Å². The maximum absolute atomic E-state index is 6.15. The summed E-state index contributed by atoms with van der Waals surface area (Å²) < 4.78 is 13.0. The summed E-state index contributed by atoms with van der Waals surface area (Å²) >= 11 is 6.15. The van der Waals surface area contributed by atoms with Gasteiger partial charge in [-0.1, -0.05) is 0 Å². The first-order valence-electron chi connectivity index (χ1n) is 6.34. The van der Waals surface area contributed by atoms with Gasteiger partial charge in [0.15, 0.2) is 11.5 Å². The Balaban J connectivity index is 1.81. The molecular weight excluding hydrogens is 266 g/mol. The Bertz CT molecular complexity index is 637. The quantitative estimate of drug-likeness (QED) is 0.846. The van der Waals surface area contributed by atoms with Gasteiger partial charge in [0.1, 0.15) is 19.0 Å². The van der Waals surface area contributed by atoms with E-state index >= 15 is 0 Å². The molecule has 2 aliphatic rings. The van der Waals surface area contributed by atoms with E-state index in [1.807, 2.05) is 22.8 Å². The predicted molar refractivity (Wildman–Crippen MR) is 69.3 cm³/mol. The van der Waals surface area contributed by atoms with Crippen LogP contribution in [0, 0.1) is 0 Å². The van der Waals surface area contributed by atoms with Crippen LogP contribution in [0.2, 0.25) is 5.28 Å². The minimum Gasteiger partial charge on any atom is -0.486 e. The molecule has 1 aromatic carbocycles. The van der Waals surface area contributed by atoms with Crippen molar-refractivity contribution < 1.29 is 9.47 Å². The summed E-state index contributed by atoms with van der Waals surface area (Å²) in [5.74, 6) is 2.93. The van der Waals surface area contributed by atoms with E-state index in [9.17, 15) is 0 Å². The highest BCUT2D eigenvalue weighted by Gasteiger charge is 2.30. The molecule has 1 saturated carbocycles. The monoisotopic (exact) mass is 277 g/mol. The third kappa shape index (κ3) is 1.85. The predicted octanol–water partition coefficient (Wildman–Crippen LogP) is 2.57. The average Bonchev–Trinajstić information content (AvgIpc) is 3.21. The van der Waals surface area contributed by atoms with Crippen molar-refractivity contribution in [1.82, 2.24) is 14.8 Å². The van der Waals surface area contributed by atoms with Crippen molar-refractivity contribution >= 4 is 11.6 Å². The lowest BCUT2D eigenvalue weighted by atomic mass is 10.2. The number of ether oxygens (including phenoxy) is 2. The molecule has 2 heterocycles. The molecule has 0 unspecified atom stereocenters. The van der Waals surface area contributed by atoms with Crippen LogP contribution in [0.5, 0.6) is 11.5 Å². The van der Waals surface area contributed by atoms with E-state index in [0.29, 0.717) is 24.4 Å². The van der Waals surface area contributed by atoms with Crippen LogP contribution >= 0.6 is 11.6 Å². The van der Waals surface area contributed by atoms with Crippen molar-refractivity contribution in [3.63, 3.8) is 0 Å². The number of hydrogen-bond acceptors (Lipinski definition) is 4. The molecule has 6 heteroatoms. The van der Waals surface area contributed by atoms with Gasteiger partial charge in [0.05, 0.1) is 5.69 Å². The van der Waals surface area contributed by atoms with Crippen molar-refractivity contribution in [3.05, 3.63) is 29.3 Å². The second kappa shape index (κ2) is 4.13. The fourth-order valence-corrected chi connectivity index (χ4v) is 2.51. The zero-order valence-electron chi connectivity index (χ0n) is 10.2. The number of aromatic nitrogens is 3. The normalized spacial score (nSPS) is 17.5. The average molecular weight is 278 g/mol. The van der Waals surface area contributed by atoms with Gasteiger partial charge in [0.2, 0.25) is 5.28 Å². The third-order valence-electron chi connectivity index (χ3n) is 3.38. The van der Waals surface area contributed by atoms with Crippen LogP contribution in [0.3, 0.4) is 0 Å². The van der Waals surface area contributed by atoms with E-state index in [1.54, 1.807) is 0 Å². The zero-order valence-corrected chi connectivity index (χ0v) is 10.9. The van der Waals surface area contributed by atoms with E-state index in [2.05, 4.69) is 10.2 Å². The number of rotatable bonds is 2. The summed E-state index contributed by atoms with van der Waals surface area (Å²) in [6, 6.07) is 5.78. The highest BCUT2D eigenvalue weighted by Crippen LogP contribution is 2.41. The van der Waals surface area contributed by atoms with Crippen LogP contribution in [-0.4, -0.2) is 28.0 Å². The van der Waals surface area contributed by atoms with Gasteiger partial charge in [-0.15, -0.1) is 10.2 Å². The van der Waals surface area contributed by atoms with Gasteiger partial charge in [-0.05, 0) is 36.6 Å². The Morgan fingerprint density at radius 2 is 1.89 bits per heavy atom. The van der Waals surface area contributed by atoms with Gasteiger partial charge in [-0.2, -0.15) is 0 Å². The molecule has 0 saturated heterocycles. The first-order valence-corrected chi connectivity index (χ1v) is 6.71. The van der Waals surface area contributed by atoms with Crippen molar-refractivity contribution in [1.29, 1.82) is 0 Å². The fourth-order valence-electron chi connectivity index (χ4n) is 2.29. The summed E-state index contributed by atoms with van der Waals surface area (Å²) in [5.41, 5.74) is 0.918. The van der Waals surface area contributed by atoms with Gasteiger partial charge in [-0.25, -0.2) is 0 Å². The number of halogens is 1. The molecule has 19 heavy (non-hydrogen) atoms. The van der Waals surface area contributed by atoms with E-state index in [0.717, 1.165) is 35.9 Å². The van der Waals surface area contributed by atoms with E-state index in [-0.39, 0.29) is 0 Å². The fraction of sp³-hybridized carbons (Fsp3) is 0.385. The number of nitrogens with zero attached hydrogens (tertiary/aromatic N) is 3. The molecule has 0 amide bonds. The van der Waals surface area contributed by atoms with E-state index < -0.39 is 0 Å². The molecule has 5 nitrogen and oxygen atoms in total. The summed E-state index contributed by atoms with van der Waals surface area (Å²) in [4.78, 5) is 0. The van der Waals surface area contributed by atoms with Crippen LogP contribution in [0.1, 0.15) is 24.6 Å². The standard InChI is InChI=1S/C13H12ClN3O2/c14-13-16-15-12(8-1-2-8)17(13)9-3-4-10-11(7-9)19-6-5-18-10/h3-4,7-8H,1-2,5-6H2. The molecule has 0 spiro atoms. The number of benzene rings is 1. The Labute approximate surface area is 115 Å². The molecule has 0 radical (unpaired) electrons. The highest BCUT2D eigenvalue weighted by atomic mass is 35.5. The van der Waals surface area contributed by atoms with Gasteiger partial charge in [0, 0.05) is 12.0 Å². The van der Waals surface area contributed by atoms with Crippen molar-refractivity contribution in [2.24, 2.45) is 0 Å². The van der Waals surface area contributed by atoms with Gasteiger partial charge < -0.3 is 9.47 Å². The Morgan fingerprint density at radius 3 is 2.68 bits per heavy atom. The van der Waals surface area contributed by atoms with Crippen molar-refractivity contribution in [2.45, 2.75) is 18.8 Å². The second-order valence-corrected chi connectivity index (χ2v) is 5.10. The zero-order chi connectivity index (χ0) is 12.8. The van der Waals surface area contributed by atoms with E-state index in [1.165, 1.54) is 0 Å². The Hall–Kier alpha value is -1.75. The topological polar surface area (TPSA) is 49.2 Å². The molecule has 0 atom stereocenters. The Kier molecular flexibility index (Phi) is 2.41. The first kappa shape index (κ1) is 11.1. The minimum absolute atomic E-state index is 0.388.